The van der Waals surface area contributed by atoms with Gasteiger partial charge in [0.05, 0.1) is 30.9 Å². The minimum Gasteiger partial charge on any atom is -0.497 e. The Labute approximate surface area is 325 Å². The zero-order chi connectivity index (χ0) is 39.4. The molecular weight excluding hydrogens is 743 g/mol. The fraction of sp³-hybridized carbons (Fsp3) is 0.400. The van der Waals surface area contributed by atoms with E-state index in [2.05, 4.69) is 4.90 Å². The van der Waals surface area contributed by atoms with Gasteiger partial charge >= 0.3 is 0 Å². The summed E-state index contributed by atoms with van der Waals surface area (Å²) in [5, 5.41) is 9.75. The van der Waals surface area contributed by atoms with Gasteiger partial charge in [-0.05, 0) is 67.1 Å². The van der Waals surface area contributed by atoms with Gasteiger partial charge in [0.25, 0.3) is 11.5 Å². The number of para-hydroxylation sites is 1. The zero-order valence-electron chi connectivity index (χ0n) is 31.7. The summed E-state index contributed by atoms with van der Waals surface area (Å²) >= 11 is 0. The van der Waals surface area contributed by atoms with Crippen molar-refractivity contribution in [2.75, 3.05) is 66.4 Å². The van der Waals surface area contributed by atoms with Crippen LogP contribution in [0.3, 0.4) is 0 Å². The number of allylic oxidation sites excluding steroid dienone is 1. The molecule has 0 unspecified atom stereocenters. The molecule has 0 aliphatic carbocycles. The Morgan fingerprint density at radius 2 is 1.70 bits per heavy atom. The molecule has 0 spiro atoms. The van der Waals surface area contributed by atoms with Gasteiger partial charge in [-0.15, -0.1) is 0 Å². The fourth-order valence-electron chi connectivity index (χ4n) is 7.34. The topological polar surface area (TPSA) is 154 Å². The molecule has 0 bridgehead atoms. The van der Waals surface area contributed by atoms with Crippen molar-refractivity contribution >= 4 is 15.9 Å². The van der Waals surface area contributed by atoms with E-state index in [9.17, 15) is 23.1 Å². The highest BCUT2D eigenvalue weighted by molar-refractivity contribution is 7.89. The quantitative estimate of drug-likeness (QED) is 0.201. The Hall–Kier alpha value is -5.13. The molecule has 15 nitrogen and oxygen atoms in total. The van der Waals surface area contributed by atoms with Crippen molar-refractivity contribution < 1.29 is 42.0 Å². The van der Waals surface area contributed by atoms with Crippen molar-refractivity contribution in [3.8, 4) is 22.9 Å². The first kappa shape index (κ1) is 39.1. The Morgan fingerprint density at radius 1 is 0.964 bits per heavy atom. The number of fused-ring (bicyclic) bond motifs is 1. The van der Waals surface area contributed by atoms with Crippen LogP contribution in [0, 0.1) is 6.92 Å². The van der Waals surface area contributed by atoms with Crippen LogP contribution in [0.5, 0.6) is 17.2 Å². The third-order valence-electron chi connectivity index (χ3n) is 10.4. The summed E-state index contributed by atoms with van der Waals surface area (Å²) in [7, 11) is -0.677. The Bertz CT molecular complexity index is 2210. The first-order chi connectivity index (χ1) is 27.1. The number of hydrogen-bond donors (Lipinski definition) is 1. The molecule has 3 aliphatic rings. The summed E-state index contributed by atoms with van der Waals surface area (Å²) in [5.74, 6) is 1.19. The van der Waals surface area contributed by atoms with Gasteiger partial charge < -0.3 is 33.7 Å². The van der Waals surface area contributed by atoms with Crippen molar-refractivity contribution in [3.05, 3.63) is 112 Å². The molecule has 0 radical (unpaired) electrons. The Morgan fingerprint density at radius 3 is 2.41 bits per heavy atom. The third kappa shape index (κ3) is 8.20. The first-order valence-corrected chi connectivity index (χ1v) is 20.0. The van der Waals surface area contributed by atoms with Gasteiger partial charge in [-0.3, -0.25) is 19.2 Å². The van der Waals surface area contributed by atoms with Crippen molar-refractivity contribution in [2.24, 2.45) is 7.05 Å². The number of aromatic nitrogens is 2. The number of methoxy groups -OCH3 is 1. The maximum Gasteiger partial charge on any atom is 0.288 e. The lowest BCUT2D eigenvalue weighted by Gasteiger charge is -2.36. The smallest absolute Gasteiger partial charge is 0.288 e. The SMILES string of the molecule is COc1ccc(S(=O)(=O)N(CCO)CCO[C@@H]2C[C@H](c3c(C)n(C)n(-c4ccccc4)c3=O)C=C(C(=O)N3CCN(Cc4ccc5c(c4)OCO5)CC3)O2)cc1. The summed E-state index contributed by atoms with van der Waals surface area (Å²) in [6.45, 7) is 4.23. The van der Waals surface area contributed by atoms with Crippen LogP contribution in [0.15, 0.2) is 94.3 Å². The molecule has 4 aromatic rings. The minimum absolute atomic E-state index is 0.0433. The monoisotopic (exact) mass is 789 g/mol. The van der Waals surface area contributed by atoms with E-state index < -0.39 is 28.8 Å². The van der Waals surface area contributed by atoms with Crippen molar-refractivity contribution in [3.63, 3.8) is 0 Å². The number of carbonyl (C=O) groups excluding carboxylic acids is 1. The maximum atomic E-state index is 14.1. The number of hydrogen-bond acceptors (Lipinski definition) is 11. The van der Waals surface area contributed by atoms with E-state index >= 15 is 0 Å². The highest BCUT2D eigenvalue weighted by atomic mass is 32.2. The van der Waals surface area contributed by atoms with Crippen molar-refractivity contribution in [1.29, 1.82) is 0 Å². The van der Waals surface area contributed by atoms with Crippen LogP contribution in [0.1, 0.15) is 29.2 Å². The van der Waals surface area contributed by atoms with Crippen LogP contribution in [0.25, 0.3) is 5.69 Å². The van der Waals surface area contributed by atoms with E-state index in [0.29, 0.717) is 49.7 Å². The molecule has 3 aliphatic heterocycles. The molecule has 1 fully saturated rings. The first-order valence-electron chi connectivity index (χ1n) is 18.6. The van der Waals surface area contributed by atoms with E-state index in [0.717, 1.165) is 27.1 Å². The van der Waals surface area contributed by atoms with Crippen LogP contribution >= 0.6 is 0 Å². The zero-order valence-corrected chi connectivity index (χ0v) is 32.5. The van der Waals surface area contributed by atoms with Gasteiger partial charge in [-0.25, -0.2) is 13.1 Å². The second kappa shape index (κ2) is 16.9. The number of benzene rings is 3. The van der Waals surface area contributed by atoms with Crippen molar-refractivity contribution in [2.45, 2.75) is 37.0 Å². The molecule has 1 amide bonds. The van der Waals surface area contributed by atoms with Gasteiger partial charge in [0.15, 0.2) is 17.3 Å². The number of aliphatic hydroxyl groups excluding tert-OH is 1. The summed E-state index contributed by atoms with van der Waals surface area (Å²) in [4.78, 5) is 32.3. The Balaban J connectivity index is 1.09. The molecule has 1 saturated heterocycles. The van der Waals surface area contributed by atoms with E-state index in [-0.39, 0.29) is 55.0 Å². The van der Waals surface area contributed by atoms with E-state index in [1.165, 1.54) is 19.2 Å². The average molecular weight is 790 g/mol. The molecule has 2 atom stereocenters. The Kier molecular flexibility index (Phi) is 11.8. The second-order valence-electron chi connectivity index (χ2n) is 13.8. The van der Waals surface area contributed by atoms with Crippen LogP contribution in [-0.2, 0) is 37.9 Å². The number of amides is 1. The number of aliphatic hydroxyl groups is 1. The number of ether oxygens (including phenoxy) is 5. The standard InChI is InChI=1S/C40H47N5O10S/c1-28-38(40(48)45(41(28)2)31-7-5-4-6-8-31)30-24-36(39(47)43-17-15-42(16-18-43)26-29-9-14-34-35(23-29)54-27-53-34)55-37(25-30)52-22-20-44(19-21-46)56(49,50)33-12-10-32(51-3)11-13-33/h4-14,23-24,30,37,46H,15-22,25-27H2,1-3H3/t30-,37+/m1/s1. The van der Waals surface area contributed by atoms with E-state index in [1.54, 1.807) is 32.5 Å². The molecule has 1 aromatic heterocycles. The average Bonchev–Trinajstić information content (AvgIpc) is 3.77. The highest BCUT2D eigenvalue weighted by Crippen LogP contribution is 2.34. The van der Waals surface area contributed by atoms with Crippen LogP contribution < -0.4 is 19.8 Å². The number of sulfonamides is 1. The van der Waals surface area contributed by atoms with E-state index in [1.807, 2.05) is 62.5 Å². The van der Waals surface area contributed by atoms with Crippen LogP contribution in [-0.4, -0.2) is 116 Å². The number of rotatable bonds is 14. The van der Waals surface area contributed by atoms with Crippen molar-refractivity contribution in [1.82, 2.24) is 23.5 Å². The van der Waals surface area contributed by atoms with Gasteiger partial charge in [-0.1, -0.05) is 24.3 Å². The minimum atomic E-state index is -3.99. The molecule has 1 N–H and O–H groups in total. The van der Waals surface area contributed by atoms with Gasteiger partial charge in [-0.2, -0.15) is 4.31 Å². The number of nitrogens with zero attached hydrogens (tertiary/aromatic N) is 5. The summed E-state index contributed by atoms with van der Waals surface area (Å²) in [6.07, 6.45) is 0.951. The van der Waals surface area contributed by atoms with Gasteiger partial charge in [0, 0.05) is 76.5 Å². The predicted molar refractivity (Wildman–Crippen MR) is 205 cm³/mol. The van der Waals surface area contributed by atoms with Crippen LogP contribution in [0.4, 0.5) is 0 Å². The number of carbonyl (C=O) groups is 1. The summed E-state index contributed by atoms with van der Waals surface area (Å²) in [6, 6.07) is 21.2. The normalized spacial score (nSPS) is 18.5. The predicted octanol–water partition coefficient (Wildman–Crippen LogP) is 2.98. The molecule has 0 saturated carbocycles. The number of piperazine rings is 1. The lowest BCUT2D eigenvalue weighted by atomic mass is 9.93. The lowest BCUT2D eigenvalue weighted by molar-refractivity contribution is -0.154. The molecule has 298 valence electrons. The fourth-order valence-corrected chi connectivity index (χ4v) is 8.75. The molecule has 16 heteroatoms. The highest BCUT2D eigenvalue weighted by Gasteiger charge is 2.36. The lowest BCUT2D eigenvalue weighted by Crippen LogP contribution is -2.49. The largest absolute Gasteiger partial charge is 0.497 e. The molecule has 7 rings (SSSR count). The summed E-state index contributed by atoms with van der Waals surface area (Å²) in [5.41, 5.74) is 2.81. The third-order valence-corrected chi connectivity index (χ3v) is 12.3. The van der Waals surface area contributed by atoms with Gasteiger partial charge in [0.2, 0.25) is 23.1 Å². The molecule has 56 heavy (non-hydrogen) atoms. The second-order valence-corrected chi connectivity index (χ2v) is 15.8. The van der Waals surface area contributed by atoms with E-state index in [4.69, 9.17) is 23.7 Å². The maximum absolute atomic E-state index is 14.1. The van der Waals surface area contributed by atoms with Crippen LogP contribution in [0.2, 0.25) is 0 Å². The molecular formula is C40H47N5O10S. The molecule has 3 aromatic carbocycles. The molecule has 4 heterocycles. The summed E-state index contributed by atoms with van der Waals surface area (Å²) < 4.78 is 60.1. The van der Waals surface area contributed by atoms with Gasteiger partial charge in [0.1, 0.15) is 5.75 Å².